The van der Waals surface area contributed by atoms with Crippen molar-refractivity contribution in [3.63, 3.8) is 0 Å². The lowest BCUT2D eigenvalue weighted by atomic mass is 9.78. The molecule has 2 aliphatic heterocycles. The molecular weight excluding hydrogens is 351 g/mol. The molecule has 1 saturated heterocycles. The number of carboxylic acid groups (broad SMARTS) is 1. The number of hydrogen-bond donors (Lipinski definition) is 3. The average molecular weight is 370 g/mol. The number of aromatic carboxylic acids is 1. The summed E-state index contributed by atoms with van der Waals surface area (Å²) < 4.78 is 11.2. The Morgan fingerprint density at radius 1 is 1.37 bits per heavy atom. The Hall–Kier alpha value is -2.85. The van der Waals surface area contributed by atoms with E-state index in [1.165, 1.54) is 0 Å². The maximum Gasteiger partial charge on any atom is 0.522 e. The average Bonchev–Trinajstić information content (AvgIpc) is 2.63. The molecule has 2 aromatic rings. The van der Waals surface area contributed by atoms with E-state index in [9.17, 15) is 14.9 Å². The summed E-state index contributed by atoms with van der Waals surface area (Å²) in [5.74, 6) is -0.134. The Balaban J connectivity index is 1.47. The van der Waals surface area contributed by atoms with Gasteiger partial charge < -0.3 is 30.2 Å². The second kappa shape index (κ2) is 7.05. The number of aromatic nitrogens is 2. The van der Waals surface area contributed by atoms with Crippen molar-refractivity contribution in [2.24, 2.45) is 5.73 Å². The lowest BCUT2D eigenvalue weighted by Gasteiger charge is -2.39. The molecule has 1 fully saturated rings. The van der Waals surface area contributed by atoms with Gasteiger partial charge in [0, 0.05) is 24.5 Å². The summed E-state index contributed by atoms with van der Waals surface area (Å²) in [6, 6.07) is 3.44. The molecule has 1 aromatic heterocycles. The molecule has 27 heavy (non-hydrogen) atoms. The van der Waals surface area contributed by atoms with Crippen molar-refractivity contribution < 1.29 is 24.3 Å². The van der Waals surface area contributed by atoms with Crippen LogP contribution in [0.1, 0.15) is 21.5 Å². The van der Waals surface area contributed by atoms with Crippen molar-refractivity contribution in [1.29, 1.82) is 0 Å². The minimum absolute atomic E-state index is 0.0479. The Morgan fingerprint density at radius 3 is 2.78 bits per heavy atom. The van der Waals surface area contributed by atoms with Crippen molar-refractivity contribution in [3.8, 4) is 11.5 Å². The maximum absolute atomic E-state index is 11.8. The summed E-state index contributed by atoms with van der Waals surface area (Å²) in [5.41, 5.74) is 7.10. The third kappa shape index (κ3) is 3.41. The van der Waals surface area contributed by atoms with Gasteiger partial charge in [-0.05, 0) is 24.4 Å². The molecule has 140 valence electrons. The van der Waals surface area contributed by atoms with Gasteiger partial charge in [-0.15, -0.1) is 0 Å². The number of ether oxygens (including phenoxy) is 1. The summed E-state index contributed by atoms with van der Waals surface area (Å²) in [6.45, 7) is 1.47. The van der Waals surface area contributed by atoms with Gasteiger partial charge in [-0.2, -0.15) is 0 Å². The van der Waals surface area contributed by atoms with E-state index in [1.807, 2.05) is 4.90 Å². The first-order valence-corrected chi connectivity index (χ1v) is 8.71. The molecule has 10 heteroatoms. The Kier molecular flexibility index (Phi) is 4.58. The molecule has 0 unspecified atom stereocenters. The van der Waals surface area contributed by atoms with E-state index in [4.69, 9.17) is 15.1 Å². The van der Waals surface area contributed by atoms with Crippen LogP contribution in [0, 0.1) is 0 Å². The van der Waals surface area contributed by atoms with Crippen LogP contribution in [-0.4, -0.2) is 52.4 Å². The summed E-state index contributed by atoms with van der Waals surface area (Å²) in [7, 11) is -1.00. The molecule has 0 aliphatic carbocycles. The van der Waals surface area contributed by atoms with Gasteiger partial charge in [-0.1, -0.05) is 6.07 Å². The molecule has 0 saturated carbocycles. The van der Waals surface area contributed by atoms with E-state index in [0.717, 1.165) is 11.1 Å². The Labute approximate surface area is 155 Å². The fourth-order valence-corrected chi connectivity index (χ4v) is 3.19. The first-order valence-electron chi connectivity index (χ1n) is 8.71. The number of rotatable bonds is 5. The van der Waals surface area contributed by atoms with Gasteiger partial charge in [0.2, 0.25) is 5.95 Å². The second-order valence-electron chi connectivity index (χ2n) is 6.58. The quantitative estimate of drug-likeness (QED) is 0.637. The van der Waals surface area contributed by atoms with Crippen LogP contribution in [-0.2, 0) is 13.0 Å². The third-order valence-electron chi connectivity index (χ3n) is 4.68. The van der Waals surface area contributed by atoms with Crippen molar-refractivity contribution in [1.82, 2.24) is 9.97 Å². The molecule has 0 amide bonds. The fraction of sp³-hybridized carbons (Fsp3) is 0.353. The van der Waals surface area contributed by atoms with Crippen molar-refractivity contribution in [3.05, 3.63) is 41.2 Å². The van der Waals surface area contributed by atoms with Crippen LogP contribution >= 0.6 is 0 Å². The van der Waals surface area contributed by atoms with Crippen LogP contribution in [0.15, 0.2) is 24.5 Å². The number of nitrogens with zero attached hydrogens (tertiary/aromatic N) is 3. The summed E-state index contributed by atoms with van der Waals surface area (Å²) >= 11 is 0. The lowest BCUT2D eigenvalue weighted by molar-refractivity contribution is 0.0684. The minimum Gasteiger partial charge on any atom is -0.535 e. The number of nitrogens with two attached hydrogens (primary N) is 1. The van der Waals surface area contributed by atoms with Crippen LogP contribution in [0.3, 0.4) is 0 Å². The standard InChI is InChI=1S/C17H19BN4O5/c19-5-10-6-20-17(21-7-10)22-8-12(9-22)26-13-2-1-11-3-4-18(25)27-15(11)14(13)16(23)24/h1-2,6-7,12,25H,3-5,8-9,19H2,(H,23,24). The molecule has 9 nitrogen and oxygen atoms in total. The van der Waals surface area contributed by atoms with E-state index >= 15 is 0 Å². The van der Waals surface area contributed by atoms with E-state index in [2.05, 4.69) is 9.97 Å². The number of benzene rings is 1. The zero-order valence-corrected chi connectivity index (χ0v) is 14.5. The van der Waals surface area contributed by atoms with Crippen LogP contribution in [0.5, 0.6) is 11.5 Å². The van der Waals surface area contributed by atoms with Crippen LogP contribution < -0.4 is 20.0 Å². The number of anilines is 1. The zero-order chi connectivity index (χ0) is 19.0. The molecule has 3 heterocycles. The first-order chi connectivity index (χ1) is 13.0. The number of carbonyl (C=O) groups is 1. The zero-order valence-electron chi connectivity index (χ0n) is 14.5. The van der Waals surface area contributed by atoms with Crippen molar-refractivity contribution >= 4 is 19.0 Å². The molecule has 2 aliphatic rings. The van der Waals surface area contributed by atoms with Crippen LogP contribution in [0.25, 0.3) is 0 Å². The van der Waals surface area contributed by atoms with Gasteiger partial charge >= 0.3 is 13.1 Å². The highest BCUT2D eigenvalue weighted by Gasteiger charge is 2.34. The fourth-order valence-electron chi connectivity index (χ4n) is 3.19. The Bertz CT molecular complexity index is 857. The molecule has 4 rings (SSSR count). The molecule has 4 N–H and O–H groups in total. The molecule has 0 atom stereocenters. The smallest absolute Gasteiger partial charge is 0.522 e. The highest BCUT2D eigenvalue weighted by Crippen LogP contribution is 2.37. The molecule has 0 radical (unpaired) electrons. The van der Waals surface area contributed by atoms with Crippen LogP contribution in [0.2, 0.25) is 6.32 Å². The SMILES string of the molecule is NCc1cnc(N2CC(Oc3ccc4c(c3C(=O)O)OB(O)CC4)C2)nc1. The number of aryl methyl sites for hydroxylation is 1. The Morgan fingerprint density at radius 2 is 2.11 bits per heavy atom. The maximum atomic E-state index is 11.8. The van der Waals surface area contributed by atoms with Gasteiger partial charge in [0.05, 0.1) is 13.1 Å². The number of carboxylic acids is 1. The molecular formula is C17H19BN4O5. The summed E-state index contributed by atoms with van der Waals surface area (Å²) in [6.07, 6.45) is 4.18. The summed E-state index contributed by atoms with van der Waals surface area (Å²) in [4.78, 5) is 22.2. The van der Waals surface area contributed by atoms with Gasteiger partial charge in [0.25, 0.3) is 0 Å². The van der Waals surface area contributed by atoms with E-state index in [0.29, 0.717) is 38.3 Å². The predicted octanol–water partition coefficient (Wildman–Crippen LogP) is 0.316. The molecule has 0 spiro atoms. The predicted molar refractivity (Wildman–Crippen MR) is 97.1 cm³/mol. The first kappa shape index (κ1) is 17.6. The molecule has 0 bridgehead atoms. The second-order valence-corrected chi connectivity index (χ2v) is 6.58. The minimum atomic E-state index is -1.15. The topological polar surface area (TPSA) is 131 Å². The van der Waals surface area contributed by atoms with Gasteiger partial charge in [0.1, 0.15) is 23.2 Å². The van der Waals surface area contributed by atoms with Gasteiger partial charge in [-0.25, -0.2) is 14.8 Å². The monoisotopic (exact) mass is 370 g/mol. The number of hydrogen-bond acceptors (Lipinski definition) is 8. The van der Waals surface area contributed by atoms with Gasteiger partial charge in [-0.3, -0.25) is 0 Å². The molecule has 1 aromatic carbocycles. The van der Waals surface area contributed by atoms with Gasteiger partial charge in [0.15, 0.2) is 0 Å². The highest BCUT2D eigenvalue weighted by molar-refractivity contribution is 6.44. The van der Waals surface area contributed by atoms with Crippen LogP contribution in [0.4, 0.5) is 5.95 Å². The summed E-state index contributed by atoms with van der Waals surface area (Å²) in [5, 5.41) is 19.3. The largest absolute Gasteiger partial charge is 0.535 e. The lowest BCUT2D eigenvalue weighted by Crippen LogP contribution is -2.54. The van der Waals surface area contributed by atoms with Crippen molar-refractivity contribution in [2.45, 2.75) is 25.4 Å². The van der Waals surface area contributed by atoms with E-state index in [-0.39, 0.29) is 23.2 Å². The van der Waals surface area contributed by atoms with Crippen molar-refractivity contribution in [2.75, 3.05) is 18.0 Å². The number of fused-ring (bicyclic) bond motifs is 1. The third-order valence-corrected chi connectivity index (χ3v) is 4.68. The normalized spacial score (nSPS) is 16.4. The van der Waals surface area contributed by atoms with E-state index in [1.54, 1.807) is 24.5 Å². The highest BCUT2D eigenvalue weighted by atomic mass is 16.5. The van der Waals surface area contributed by atoms with E-state index < -0.39 is 13.1 Å².